The lowest BCUT2D eigenvalue weighted by Crippen LogP contribution is -2.36. The number of likely N-dealkylation sites (tertiary alicyclic amines) is 1. The standard InChI is InChI=1S/C20H20ClFN4O2S2/c21-16-8-19(30(27,28)25-20-12-29-13-24-20)17(22)9-18(16)23-10-14-4-1-2-5-15(14)11-26-6-3-7-26/h1-2,4-5,8-9,12-13,23,25H,3,6-7,10-11H2. The van der Waals surface area contributed by atoms with Crippen LogP contribution in [0.3, 0.4) is 0 Å². The van der Waals surface area contributed by atoms with Crippen LogP contribution < -0.4 is 10.0 Å². The van der Waals surface area contributed by atoms with E-state index in [2.05, 4.69) is 26.0 Å². The lowest BCUT2D eigenvalue weighted by molar-refractivity contribution is 0.172. The largest absolute Gasteiger partial charge is 0.380 e. The SMILES string of the molecule is O=S(=O)(Nc1cscn1)c1cc(Cl)c(NCc2ccccc2CN2CCC2)cc1F. The first kappa shape index (κ1) is 21.0. The number of nitrogens with zero attached hydrogens (tertiary/aromatic N) is 2. The number of thiazole rings is 1. The minimum atomic E-state index is -4.14. The third kappa shape index (κ3) is 4.75. The Balaban J connectivity index is 1.50. The molecule has 1 aromatic heterocycles. The van der Waals surface area contributed by atoms with Crippen molar-refractivity contribution in [1.82, 2.24) is 9.88 Å². The van der Waals surface area contributed by atoms with Gasteiger partial charge in [0.15, 0.2) is 5.82 Å². The maximum absolute atomic E-state index is 14.6. The summed E-state index contributed by atoms with van der Waals surface area (Å²) in [6.45, 7) is 3.53. The molecule has 3 aromatic rings. The summed E-state index contributed by atoms with van der Waals surface area (Å²) in [5.74, 6) is -0.755. The van der Waals surface area contributed by atoms with Crippen LogP contribution in [0.4, 0.5) is 15.9 Å². The molecule has 2 N–H and O–H groups in total. The second-order valence-corrected chi connectivity index (χ2v) is 9.77. The highest BCUT2D eigenvalue weighted by molar-refractivity contribution is 7.92. The van der Waals surface area contributed by atoms with E-state index in [0.717, 1.165) is 37.3 Å². The van der Waals surface area contributed by atoms with Gasteiger partial charge in [0, 0.05) is 18.5 Å². The quantitative estimate of drug-likeness (QED) is 0.509. The Labute approximate surface area is 183 Å². The fraction of sp³-hybridized carbons (Fsp3) is 0.250. The van der Waals surface area contributed by atoms with Crippen LogP contribution >= 0.6 is 22.9 Å². The van der Waals surface area contributed by atoms with Crippen molar-refractivity contribution in [2.75, 3.05) is 23.1 Å². The number of sulfonamides is 1. The predicted octanol–water partition coefficient (Wildman–Crippen LogP) is 4.55. The Morgan fingerprint density at radius 2 is 1.97 bits per heavy atom. The molecule has 158 valence electrons. The van der Waals surface area contributed by atoms with Crippen LogP contribution in [-0.2, 0) is 23.1 Å². The zero-order valence-electron chi connectivity index (χ0n) is 15.9. The molecule has 2 aromatic carbocycles. The van der Waals surface area contributed by atoms with Crippen LogP contribution in [0.15, 0.2) is 52.2 Å². The molecule has 2 heterocycles. The minimum Gasteiger partial charge on any atom is -0.380 e. The number of rotatable bonds is 8. The van der Waals surface area contributed by atoms with Crippen molar-refractivity contribution >= 4 is 44.5 Å². The minimum absolute atomic E-state index is 0.121. The fourth-order valence-corrected chi connectivity index (χ4v) is 5.12. The number of nitrogens with one attached hydrogen (secondary N) is 2. The molecule has 0 atom stereocenters. The van der Waals surface area contributed by atoms with E-state index in [-0.39, 0.29) is 10.8 Å². The summed E-state index contributed by atoms with van der Waals surface area (Å²) in [6.07, 6.45) is 1.22. The molecule has 0 saturated carbocycles. The first-order chi connectivity index (χ1) is 14.4. The van der Waals surface area contributed by atoms with Gasteiger partial charge in [0.1, 0.15) is 10.7 Å². The summed E-state index contributed by atoms with van der Waals surface area (Å²) in [6, 6.07) is 10.3. The zero-order valence-corrected chi connectivity index (χ0v) is 18.3. The van der Waals surface area contributed by atoms with Gasteiger partial charge < -0.3 is 5.32 Å². The molecule has 1 aliphatic heterocycles. The third-order valence-electron chi connectivity index (χ3n) is 4.91. The van der Waals surface area contributed by atoms with Gasteiger partial charge in [-0.2, -0.15) is 0 Å². The van der Waals surface area contributed by atoms with E-state index in [1.165, 1.54) is 34.2 Å². The first-order valence-electron chi connectivity index (χ1n) is 9.35. The van der Waals surface area contributed by atoms with Gasteiger partial charge in [-0.25, -0.2) is 17.8 Å². The van der Waals surface area contributed by atoms with E-state index in [1.807, 2.05) is 18.2 Å². The van der Waals surface area contributed by atoms with E-state index in [4.69, 9.17) is 11.6 Å². The summed E-state index contributed by atoms with van der Waals surface area (Å²) in [5, 5.41) is 4.77. The molecule has 30 heavy (non-hydrogen) atoms. The van der Waals surface area contributed by atoms with Crippen LogP contribution in [0.5, 0.6) is 0 Å². The summed E-state index contributed by atoms with van der Waals surface area (Å²) in [4.78, 5) is 5.69. The third-order valence-corrected chi connectivity index (χ3v) is 7.18. The molecule has 0 aliphatic carbocycles. The van der Waals surface area contributed by atoms with Crippen LogP contribution in [0.2, 0.25) is 5.02 Å². The molecule has 1 aliphatic rings. The number of hydrogen-bond acceptors (Lipinski definition) is 6. The predicted molar refractivity (Wildman–Crippen MR) is 118 cm³/mol. The Hall–Kier alpha value is -2.20. The van der Waals surface area contributed by atoms with Gasteiger partial charge in [0.25, 0.3) is 10.0 Å². The fourth-order valence-electron chi connectivity index (χ4n) is 3.18. The maximum Gasteiger partial charge on any atom is 0.266 e. The van der Waals surface area contributed by atoms with E-state index in [1.54, 1.807) is 0 Å². The molecule has 0 radical (unpaired) electrons. The van der Waals surface area contributed by atoms with Crippen LogP contribution in [-0.4, -0.2) is 31.4 Å². The van der Waals surface area contributed by atoms with Crippen molar-refractivity contribution in [3.8, 4) is 0 Å². The van der Waals surface area contributed by atoms with Crippen LogP contribution in [0.25, 0.3) is 0 Å². The van der Waals surface area contributed by atoms with E-state index < -0.39 is 20.7 Å². The normalized spacial score (nSPS) is 14.3. The number of halogens is 2. The molecule has 1 fully saturated rings. The Kier molecular flexibility index (Phi) is 6.24. The Morgan fingerprint density at radius 1 is 1.20 bits per heavy atom. The number of hydrogen-bond donors (Lipinski definition) is 2. The van der Waals surface area contributed by atoms with Gasteiger partial charge in [-0.05, 0) is 42.8 Å². The number of anilines is 2. The van der Waals surface area contributed by atoms with Crippen LogP contribution in [0.1, 0.15) is 17.5 Å². The average molecular weight is 467 g/mol. The van der Waals surface area contributed by atoms with Crippen molar-refractivity contribution in [3.63, 3.8) is 0 Å². The van der Waals surface area contributed by atoms with Gasteiger partial charge in [-0.15, -0.1) is 11.3 Å². The molecular formula is C20H20ClFN4O2S2. The molecule has 6 nitrogen and oxygen atoms in total. The van der Waals surface area contributed by atoms with Crippen molar-refractivity contribution in [2.45, 2.75) is 24.4 Å². The van der Waals surface area contributed by atoms with Gasteiger partial charge in [0.2, 0.25) is 0 Å². The summed E-state index contributed by atoms with van der Waals surface area (Å²) in [7, 11) is -4.14. The molecule has 1 saturated heterocycles. The lowest BCUT2D eigenvalue weighted by Gasteiger charge is -2.31. The van der Waals surface area contributed by atoms with Gasteiger partial charge >= 0.3 is 0 Å². The van der Waals surface area contributed by atoms with E-state index >= 15 is 0 Å². The summed E-state index contributed by atoms with van der Waals surface area (Å²) in [5.41, 5.74) is 4.10. The number of aromatic nitrogens is 1. The number of benzene rings is 2. The lowest BCUT2D eigenvalue weighted by atomic mass is 10.1. The first-order valence-corrected chi connectivity index (χ1v) is 12.2. The van der Waals surface area contributed by atoms with Crippen molar-refractivity contribution < 1.29 is 12.8 Å². The van der Waals surface area contributed by atoms with Crippen molar-refractivity contribution in [1.29, 1.82) is 0 Å². The average Bonchev–Trinajstić information content (AvgIpc) is 3.18. The highest BCUT2D eigenvalue weighted by Crippen LogP contribution is 2.30. The Bertz CT molecular complexity index is 1140. The molecule has 0 amide bonds. The molecule has 0 unspecified atom stereocenters. The van der Waals surface area contributed by atoms with Gasteiger partial charge in [-0.3, -0.25) is 9.62 Å². The van der Waals surface area contributed by atoms with Gasteiger partial charge in [-0.1, -0.05) is 35.9 Å². The molecular weight excluding hydrogens is 447 g/mol. The molecule has 0 bridgehead atoms. The Morgan fingerprint density at radius 3 is 2.63 bits per heavy atom. The molecule has 10 heteroatoms. The maximum atomic E-state index is 14.6. The van der Waals surface area contributed by atoms with Crippen molar-refractivity contribution in [2.24, 2.45) is 0 Å². The second kappa shape index (κ2) is 8.89. The molecule has 4 rings (SSSR count). The van der Waals surface area contributed by atoms with E-state index in [0.29, 0.717) is 12.2 Å². The monoisotopic (exact) mass is 466 g/mol. The smallest absolute Gasteiger partial charge is 0.266 e. The van der Waals surface area contributed by atoms with Crippen LogP contribution in [0, 0.1) is 5.82 Å². The highest BCUT2D eigenvalue weighted by atomic mass is 35.5. The highest BCUT2D eigenvalue weighted by Gasteiger charge is 2.22. The summed E-state index contributed by atoms with van der Waals surface area (Å²) >= 11 is 7.50. The van der Waals surface area contributed by atoms with Gasteiger partial charge in [0.05, 0.1) is 16.2 Å². The van der Waals surface area contributed by atoms with Crippen molar-refractivity contribution in [3.05, 3.63) is 69.3 Å². The topological polar surface area (TPSA) is 74.3 Å². The zero-order chi connectivity index (χ0) is 21.1. The summed E-state index contributed by atoms with van der Waals surface area (Å²) < 4.78 is 41.8. The van der Waals surface area contributed by atoms with E-state index in [9.17, 15) is 12.8 Å². The second-order valence-electron chi connectivity index (χ2n) is 6.99. The molecule has 0 spiro atoms.